The average Bonchev–Trinajstić information content (AvgIpc) is 2.91. The van der Waals surface area contributed by atoms with E-state index in [0.29, 0.717) is 38.1 Å². The van der Waals surface area contributed by atoms with Crippen molar-refractivity contribution in [2.45, 2.75) is 13.5 Å². The van der Waals surface area contributed by atoms with Crippen LogP contribution in [-0.4, -0.2) is 18.5 Å². The lowest BCUT2D eigenvalue weighted by atomic mass is 10.1. The summed E-state index contributed by atoms with van der Waals surface area (Å²) in [5.74, 6) is -0.399. The number of hydrogen-bond acceptors (Lipinski definition) is 5. The largest absolute Gasteiger partial charge is 0.487 e. The lowest BCUT2D eigenvalue weighted by molar-refractivity contribution is -0.112. The first kappa shape index (κ1) is 27.1. The molecule has 0 spiro atoms. The number of benzene rings is 4. The van der Waals surface area contributed by atoms with Gasteiger partial charge in [-0.25, -0.2) is 4.79 Å². The Morgan fingerprint density at radius 3 is 2.29 bits per heavy atom. The maximum absolute atomic E-state index is 12.7. The quantitative estimate of drug-likeness (QED) is 0.122. The molecule has 4 aromatic carbocycles. The third-order valence-corrected chi connectivity index (χ3v) is 6.73. The number of amides is 1. The molecule has 0 heterocycles. The number of anilines is 1. The number of halogens is 2. The minimum absolute atomic E-state index is 0.0805. The van der Waals surface area contributed by atoms with Crippen molar-refractivity contribution in [1.82, 2.24) is 0 Å². The maximum atomic E-state index is 12.7. The molecule has 0 radical (unpaired) electrons. The van der Waals surface area contributed by atoms with Crippen molar-refractivity contribution in [2.75, 3.05) is 11.9 Å². The smallest absolute Gasteiger partial charge is 0.338 e. The predicted octanol–water partition coefficient (Wildman–Crippen LogP) is 7.67. The fourth-order valence-electron chi connectivity index (χ4n) is 3.70. The molecule has 0 unspecified atom stereocenters. The summed E-state index contributed by atoms with van der Waals surface area (Å²) in [6.45, 7) is 2.38. The van der Waals surface area contributed by atoms with Crippen LogP contribution >= 0.6 is 31.9 Å². The Morgan fingerprint density at radius 1 is 0.947 bits per heavy atom. The number of nitrogens with zero attached hydrogens (tertiary/aromatic N) is 1. The van der Waals surface area contributed by atoms with Crippen molar-refractivity contribution in [1.29, 1.82) is 5.26 Å². The highest BCUT2D eigenvalue weighted by molar-refractivity contribution is 9.11. The van der Waals surface area contributed by atoms with Crippen LogP contribution in [0.3, 0.4) is 0 Å². The summed E-state index contributed by atoms with van der Waals surface area (Å²) in [4.78, 5) is 24.5. The molecule has 190 valence electrons. The molecule has 0 aliphatic carbocycles. The van der Waals surface area contributed by atoms with Crippen LogP contribution in [0.2, 0.25) is 0 Å². The summed E-state index contributed by atoms with van der Waals surface area (Å²) in [6.07, 6.45) is 1.49. The molecule has 8 heteroatoms. The SMILES string of the molecule is CCOC(=O)c1ccc(NC(=O)/C(C#N)=C/c2cc(Br)c(OCc3ccc4ccccc4c3)c(Br)c2)cc1. The monoisotopic (exact) mass is 632 g/mol. The van der Waals surface area contributed by atoms with Crippen molar-refractivity contribution in [3.8, 4) is 11.8 Å². The summed E-state index contributed by atoms with van der Waals surface area (Å²) in [7, 11) is 0. The van der Waals surface area contributed by atoms with Crippen LogP contribution in [0.5, 0.6) is 5.75 Å². The van der Waals surface area contributed by atoms with Gasteiger partial charge < -0.3 is 14.8 Å². The number of ether oxygens (including phenoxy) is 2. The van der Waals surface area contributed by atoms with Crippen LogP contribution in [0.15, 0.2) is 93.4 Å². The third-order valence-electron chi connectivity index (χ3n) is 5.55. The van der Waals surface area contributed by atoms with E-state index in [4.69, 9.17) is 9.47 Å². The van der Waals surface area contributed by atoms with Crippen LogP contribution in [0.25, 0.3) is 16.8 Å². The standard InChI is InChI=1S/C30H22Br2N2O4/c1-2-37-30(36)22-9-11-25(12-10-22)34-29(35)24(17-33)14-20-15-26(31)28(27(32)16-20)38-18-19-7-8-21-5-3-4-6-23(21)13-19/h3-16H,2,18H2,1H3,(H,34,35)/b24-14+. The Kier molecular flexibility index (Phi) is 8.95. The molecule has 6 nitrogen and oxygen atoms in total. The molecule has 38 heavy (non-hydrogen) atoms. The van der Waals surface area contributed by atoms with Gasteiger partial charge >= 0.3 is 5.97 Å². The van der Waals surface area contributed by atoms with Gasteiger partial charge in [-0.15, -0.1) is 0 Å². The predicted molar refractivity (Wildman–Crippen MR) is 155 cm³/mol. The lowest BCUT2D eigenvalue weighted by Gasteiger charge is -2.12. The first-order chi connectivity index (χ1) is 18.4. The Labute approximate surface area is 237 Å². The lowest BCUT2D eigenvalue weighted by Crippen LogP contribution is -2.13. The summed E-state index contributed by atoms with van der Waals surface area (Å²) < 4.78 is 12.4. The fraction of sp³-hybridized carbons (Fsp3) is 0.100. The van der Waals surface area contributed by atoms with Gasteiger partial charge in [0, 0.05) is 5.69 Å². The number of hydrogen-bond donors (Lipinski definition) is 1. The summed E-state index contributed by atoms with van der Waals surface area (Å²) in [5.41, 5.74) is 2.40. The molecular weight excluding hydrogens is 612 g/mol. The highest BCUT2D eigenvalue weighted by Crippen LogP contribution is 2.36. The van der Waals surface area contributed by atoms with Gasteiger partial charge in [0.15, 0.2) is 0 Å². The topological polar surface area (TPSA) is 88.4 Å². The normalized spacial score (nSPS) is 11.1. The van der Waals surface area contributed by atoms with E-state index in [1.807, 2.05) is 24.3 Å². The van der Waals surface area contributed by atoms with E-state index < -0.39 is 11.9 Å². The highest BCUT2D eigenvalue weighted by atomic mass is 79.9. The van der Waals surface area contributed by atoms with E-state index in [1.54, 1.807) is 43.3 Å². The van der Waals surface area contributed by atoms with Gasteiger partial charge in [-0.05, 0) is 109 Å². The van der Waals surface area contributed by atoms with Gasteiger partial charge in [-0.2, -0.15) is 5.26 Å². The first-order valence-corrected chi connectivity index (χ1v) is 13.3. The molecule has 0 atom stereocenters. The van der Waals surface area contributed by atoms with E-state index in [1.165, 1.54) is 11.5 Å². The average molecular weight is 634 g/mol. The minimum Gasteiger partial charge on any atom is -0.487 e. The summed E-state index contributed by atoms with van der Waals surface area (Å²) in [5, 5.41) is 14.6. The van der Waals surface area contributed by atoms with E-state index in [-0.39, 0.29) is 12.2 Å². The minimum atomic E-state index is -0.569. The van der Waals surface area contributed by atoms with Crippen LogP contribution < -0.4 is 10.1 Å². The number of esters is 1. The van der Waals surface area contributed by atoms with Crippen molar-refractivity contribution < 1.29 is 19.1 Å². The molecule has 0 aliphatic heterocycles. The molecule has 0 saturated carbocycles. The Morgan fingerprint density at radius 2 is 1.63 bits per heavy atom. The highest BCUT2D eigenvalue weighted by Gasteiger charge is 2.14. The van der Waals surface area contributed by atoms with Gasteiger partial charge in [-0.3, -0.25) is 4.79 Å². The molecule has 0 aromatic heterocycles. The molecule has 4 rings (SSSR count). The van der Waals surface area contributed by atoms with Gasteiger partial charge in [-0.1, -0.05) is 36.4 Å². The van der Waals surface area contributed by atoms with E-state index in [2.05, 4.69) is 61.4 Å². The summed E-state index contributed by atoms with van der Waals surface area (Å²) >= 11 is 7.08. The Bertz CT molecular complexity index is 1550. The van der Waals surface area contributed by atoms with E-state index >= 15 is 0 Å². The number of carbonyl (C=O) groups excluding carboxylic acids is 2. The number of fused-ring (bicyclic) bond motifs is 1. The van der Waals surface area contributed by atoms with Crippen molar-refractivity contribution in [3.05, 3.63) is 110 Å². The number of nitriles is 1. The van der Waals surface area contributed by atoms with Crippen LogP contribution in [0.4, 0.5) is 5.69 Å². The molecule has 0 aliphatic rings. The number of nitrogens with one attached hydrogen (secondary N) is 1. The zero-order chi connectivity index (χ0) is 27.1. The molecule has 0 saturated heterocycles. The van der Waals surface area contributed by atoms with Crippen LogP contribution in [0, 0.1) is 11.3 Å². The van der Waals surface area contributed by atoms with Gasteiger partial charge in [0.25, 0.3) is 5.91 Å². The molecule has 4 aromatic rings. The van der Waals surface area contributed by atoms with Gasteiger partial charge in [0.2, 0.25) is 0 Å². The first-order valence-electron chi connectivity index (χ1n) is 11.7. The maximum Gasteiger partial charge on any atom is 0.338 e. The molecular formula is C30H22Br2N2O4. The van der Waals surface area contributed by atoms with Crippen LogP contribution in [-0.2, 0) is 16.1 Å². The molecule has 0 bridgehead atoms. The Balaban J connectivity index is 1.45. The van der Waals surface area contributed by atoms with Crippen molar-refractivity contribution >= 4 is 66.3 Å². The zero-order valence-electron chi connectivity index (χ0n) is 20.3. The van der Waals surface area contributed by atoms with E-state index in [9.17, 15) is 14.9 Å². The molecule has 0 fully saturated rings. The second-order valence-corrected chi connectivity index (χ2v) is 9.91. The molecule has 1 amide bonds. The van der Waals surface area contributed by atoms with Crippen molar-refractivity contribution in [3.63, 3.8) is 0 Å². The number of rotatable bonds is 8. The summed E-state index contributed by atoms with van der Waals surface area (Å²) in [6, 6.07) is 26.1. The second-order valence-electron chi connectivity index (χ2n) is 8.21. The zero-order valence-corrected chi connectivity index (χ0v) is 23.5. The fourth-order valence-corrected chi connectivity index (χ4v) is 5.15. The van der Waals surface area contributed by atoms with Gasteiger partial charge in [0.1, 0.15) is 24.0 Å². The number of carbonyl (C=O) groups is 2. The Hall–Kier alpha value is -3.93. The van der Waals surface area contributed by atoms with E-state index in [0.717, 1.165) is 10.9 Å². The van der Waals surface area contributed by atoms with Crippen molar-refractivity contribution in [2.24, 2.45) is 0 Å². The molecule has 1 N–H and O–H groups in total. The van der Waals surface area contributed by atoms with Crippen LogP contribution in [0.1, 0.15) is 28.4 Å². The third kappa shape index (κ3) is 6.68. The van der Waals surface area contributed by atoms with Gasteiger partial charge in [0.05, 0.1) is 21.1 Å². The second kappa shape index (κ2) is 12.5.